The summed E-state index contributed by atoms with van der Waals surface area (Å²) in [6.45, 7) is 2.78. The maximum Gasteiger partial charge on any atom is 0.313 e. The number of rotatable bonds is 4. The molecule has 4 heteroatoms. The summed E-state index contributed by atoms with van der Waals surface area (Å²) in [5.74, 6) is 1.25. The van der Waals surface area contributed by atoms with Crippen LogP contribution in [0.25, 0.3) is 0 Å². The first kappa shape index (κ1) is 11.8. The van der Waals surface area contributed by atoms with E-state index in [1.807, 2.05) is 6.92 Å². The lowest BCUT2D eigenvalue weighted by molar-refractivity contribution is -0.150. The summed E-state index contributed by atoms with van der Waals surface area (Å²) >= 11 is 0. The van der Waals surface area contributed by atoms with E-state index in [1.165, 1.54) is 12.8 Å². The number of hydrogen-bond acceptors (Lipinski definition) is 3. The molecule has 0 bridgehead atoms. The SMILES string of the molecule is CCOC(=O)C1(CN)CC1C1CC1.Cl. The Morgan fingerprint density at radius 2 is 2.21 bits per heavy atom. The highest BCUT2D eigenvalue weighted by molar-refractivity contribution is 5.85. The van der Waals surface area contributed by atoms with Gasteiger partial charge in [-0.05, 0) is 38.0 Å². The number of ether oxygens (including phenoxy) is 1. The standard InChI is InChI=1S/C10H17NO2.ClH/c1-2-13-9(12)10(6-11)5-8(10)7-3-4-7;/h7-8H,2-6,11H2,1H3;1H. The Labute approximate surface area is 90.8 Å². The Balaban J connectivity index is 0.000000980. The fourth-order valence-electron chi connectivity index (χ4n) is 2.28. The third-order valence-electron chi connectivity index (χ3n) is 3.37. The zero-order valence-corrected chi connectivity index (χ0v) is 9.31. The van der Waals surface area contributed by atoms with E-state index in [0.29, 0.717) is 19.1 Å². The maximum atomic E-state index is 11.6. The van der Waals surface area contributed by atoms with Gasteiger partial charge in [0.1, 0.15) is 0 Å². The van der Waals surface area contributed by atoms with Gasteiger partial charge < -0.3 is 10.5 Å². The quantitative estimate of drug-likeness (QED) is 0.727. The molecule has 0 aliphatic heterocycles. The van der Waals surface area contributed by atoms with Gasteiger partial charge in [0.25, 0.3) is 0 Å². The van der Waals surface area contributed by atoms with Crippen LogP contribution < -0.4 is 5.73 Å². The zero-order chi connectivity index (χ0) is 9.47. The average Bonchev–Trinajstić information content (AvgIpc) is 2.99. The zero-order valence-electron chi connectivity index (χ0n) is 8.49. The Kier molecular flexibility index (Phi) is 3.43. The van der Waals surface area contributed by atoms with E-state index in [2.05, 4.69) is 0 Å². The number of esters is 1. The summed E-state index contributed by atoms with van der Waals surface area (Å²) in [5, 5.41) is 0. The van der Waals surface area contributed by atoms with Crippen molar-refractivity contribution in [2.75, 3.05) is 13.2 Å². The molecule has 0 saturated heterocycles. The number of halogens is 1. The van der Waals surface area contributed by atoms with Crippen molar-refractivity contribution in [2.45, 2.75) is 26.2 Å². The smallest absolute Gasteiger partial charge is 0.313 e. The van der Waals surface area contributed by atoms with E-state index in [4.69, 9.17) is 10.5 Å². The van der Waals surface area contributed by atoms with Crippen molar-refractivity contribution in [1.82, 2.24) is 0 Å². The lowest BCUT2D eigenvalue weighted by Crippen LogP contribution is -2.29. The van der Waals surface area contributed by atoms with Crippen LogP contribution >= 0.6 is 12.4 Å². The van der Waals surface area contributed by atoms with Gasteiger partial charge in [-0.15, -0.1) is 12.4 Å². The molecule has 2 aliphatic carbocycles. The highest BCUT2D eigenvalue weighted by Gasteiger charge is 2.64. The van der Waals surface area contributed by atoms with Gasteiger partial charge in [-0.1, -0.05) is 0 Å². The van der Waals surface area contributed by atoms with Gasteiger partial charge in [0.2, 0.25) is 0 Å². The Morgan fingerprint density at radius 3 is 2.64 bits per heavy atom. The highest BCUT2D eigenvalue weighted by atomic mass is 35.5. The second-order valence-corrected chi connectivity index (χ2v) is 4.23. The molecule has 2 aliphatic rings. The molecule has 2 fully saturated rings. The van der Waals surface area contributed by atoms with Crippen LogP contribution in [0.1, 0.15) is 26.2 Å². The summed E-state index contributed by atoms with van der Waals surface area (Å²) in [6.07, 6.45) is 3.53. The highest BCUT2D eigenvalue weighted by Crippen LogP contribution is 2.62. The van der Waals surface area contributed by atoms with Gasteiger partial charge >= 0.3 is 5.97 Å². The number of hydrogen-bond donors (Lipinski definition) is 1. The molecule has 2 saturated carbocycles. The van der Waals surface area contributed by atoms with Crippen molar-refractivity contribution in [1.29, 1.82) is 0 Å². The van der Waals surface area contributed by atoms with E-state index < -0.39 is 0 Å². The van der Waals surface area contributed by atoms with Crippen LogP contribution in [0.15, 0.2) is 0 Å². The van der Waals surface area contributed by atoms with Gasteiger partial charge in [0, 0.05) is 6.54 Å². The van der Waals surface area contributed by atoms with Gasteiger partial charge in [0.05, 0.1) is 12.0 Å². The second kappa shape index (κ2) is 4.07. The minimum Gasteiger partial charge on any atom is -0.466 e. The monoisotopic (exact) mass is 219 g/mol. The Hall–Kier alpha value is -0.280. The first-order chi connectivity index (χ1) is 6.24. The normalized spacial score (nSPS) is 34.6. The third kappa shape index (κ3) is 1.75. The molecule has 82 valence electrons. The predicted molar refractivity (Wildman–Crippen MR) is 56.2 cm³/mol. The van der Waals surface area contributed by atoms with Crippen molar-refractivity contribution < 1.29 is 9.53 Å². The molecule has 0 heterocycles. The molecule has 0 spiro atoms. The van der Waals surface area contributed by atoms with Crippen molar-refractivity contribution in [3.63, 3.8) is 0 Å². The summed E-state index contributed by atoms with van der Waals surface area (Å²) in [4.78, 5) is 11.6. The van der Waals surface area contributed by atoms with Crippen LogP contribution in [-0.2, 0) is 9.53 Å². The largest absolute Gasteiger partial charge is 0.466 e. The minimum absolute atomic E-state index is 0. The van der Waals surface area contributed by atoms with Crippen LogP contribution in [0.4, 0.5) is 0 Å². The average molecular weight is 220 g/mol. The molecule has 0 amide bonds. The molecule has 2 atom stereocenters. The fourth-order valence-corrected chi connectivity index (χ4v) is 2.28. The molecule has 2 N–H and O–H groups in total. The predicted octanol–water partition coefficient (Wildman–Crippen LogP) is 1.35. The van der Waals surface area contributed by atoms with E-state index in [1.54, 1.807) is 0 Å². The third-order valence-corrected chi connectivity index (χ3v) is 3.37. The van der Waals surface area contributed by atoms with Gasteiger partial charge in [0.15, 0.2) is 0 Å². The van der Waals surface area contributed by atoms with Crippen molar-refractivity contribution in [2.24, 2.45) is 23.0 Å². The van der Waals surface area contributed by atoms with E-state index >= 15 is 0 Å². The number of nitrogens with two attached hydrogens (primary N) is 1. The molecular formula is C10H18ClNO2. The summed E-state index contributed by atoms with van der Waals surface area (Å²) < 4.78 is 5.05. The van der Waals surface area contributed by atoms with E-state index in [9.17, 15) is 4.79 Å². The van der Waals surface area contributed by atoms with E-state index in [0.717, 1.165) is 12.3 Å². The van der Waals surface area contributed by atoms with Crippen molar-refractivity contribution >= 4 is 18.4 Å². The number of carbonyl (C=O) groups excluding carboxylic acids is 1. The topological polar surface area (TPSA) is 52.3 Å². The molecular weight excluding hydrogens is 202 g/mol. The molecule has 0 aromatic carbocycles. The molecule has 2 rings (SSSR count). The van der Waals surface area contributed by atoms with Crippen LogP contribution in [0.5, 0.6) is 0 Å². The van der Waals surface area contributed by atoms with Crippen molar-refractivity contribution in [3.8, 4) is 0 Å². The first-order valence-electron chi connectivity index (χ1n) is 5.12. The van der Waals surface area contributed by atoms with Crippen LogP contribution in [0, 0.1) is 17.3 Å². The first-order valence-corrected chi connectivity index (χ1v) is 5.12. The van der Waals surface area contributed by atoms with Gasteiger partial charge in [-0.25, -0.2) is 0 Å². The summed E-state index contributed by atoms with van der Waals surface area (Å²) in [5.41, 5.74) is 5.37. The molecule has 14 heavy (non-hydrogen) atoms. The summed E-state index contributed by atoms with van der Waals surface area (Å²) in [7, 11) is 0. The second-order valence-electron chi connectivity index (χ2n) is 4.23. The van der Waals surface area contributed by atoms with Crippen LogP contribution in [0.2, 0.25) is 0 Å². The Bertz CT molecular complexity index is 230. The minimum atomic E-state index is -0.281. The fraction of sp³-hybridized carbons (Fsp3) is 0.900. The maximum absolute atomic E-state index is 11.6. The Morgan fingerprint density at radius 1 is 1.57 bits per heavy atom. The molecule has 0 aromatic heterocycles. The molecule has 0 radical (unpaired) electrons. The van der Waals surface area contributed by atoms with Gasteiger partial charge in [-0.2, -0.15) is 0 Å². The lowest BCUT2D eigenvalue weighted by Gasteiger charge is -2.12. The van der Waals surface area contributed by atoms with Crippen LogP contribution in [-0.4, -0.2) is 19.1 Å². The van der Waals surface area contributed by atoms with Crippen LogP contribution in [0.3, 0.4) is 0 Å². The molecule has 2 unspecified atom stereocenters. The van der Waals surface area contributed by atoms with Crippen molar-refractivity contribution in [3.05, 3.63) is 0 Å². The lowest BCUT2D eigenvalue weighted by atomic mass is 10.0. The summed E-state index contributed by atoms with van der Waals surface area (Å²) in [6, 6.07) is 0. The van der Waals surface area contributed by atoms with E-state index in [-0.39, 0.29) is 23.8 Å². The van der Waals surface area contributed by atoms with Gasteiger partial charge in [-0.3, -0.25) is 4.79 Å². The molecule has 3 nitrogen and oxygen atoms in total. The number of carbonyl (C=O) groups is 1. The molecule has 0 aromatic rings.